The zero-order valence-electron chi connectivity index (χ0n) is 11.1. The smallest absolute Gasteiger partial charge is 0.230 e. The lowest BCUT2D eigenvalue weighted by molar-refractivity contribution is -0.122. The summed E-state index contributed by atoms with van der Waals surface area (Å²) in [5, 5.41) is 3.33. The molecule has 0 spiro atoms. The fraction of sp³-hybridized carbons (Fsp3) is 0.571. The average Bonchev–Trinajstić information content (AvgIpc) is 2.41. The van der Waals surface area contributed by atoms with Gasteiger partial charge in [0.2, 0.25) is 5.91 Å². The summed E-state index contributed by atoms with van der Waals surface area (Å²) in [5.74, 6) is 0.950. The van der Waals surface area contributed by atoms with Crippen LogP contribution in [0.15, 0.2) is 24.4 Å². The number of piperidine rings is 1. The van der Waals surface area contributed by atoms with Crippen molar-refractivity contribution in [3.05, 3.63) is 24.4 Å². The SMILES string of the molecule is CC(C)C(=O)N(c1ccccn1)C1CCNCC1. The zero-order valence-corrected chi connectivity index (χ0v) is 11.1. The number of hydrogen-bond donors (Lipinski definition) is 1. The van der Waals surface area contributed by atoms with Gasteiger partial charge in [0, 0.05) is 18.2 Å². The largest absolute Gasteiger partial charge is 0.317 e. The number of nitrogens with one attached hydrogen (secondary N) is 1. The Morgan fingerprint density at radius 3 is 2.67 bits per heavy atom. The second-order valence-electron chi connectivity index (χ2n) is 5.03. The van der Waals surface area contributed by atoms with Gasteiger partial charge in [0.25, 0.3) is 0 Å². The average molecular weight is 247 g/mol. The Hall–Kier alpha value is -1.42. The van der Waals surface area contributed by atoms with Crippen LogP contribution in [0.4, 0.5) is 5.82 Å². The van der Waals surface area contributed by atoms with Crippen molar-refractivity contribution in [1.82, 2.24) is 10.3 Å². The van der Waals surface area contributed by atoms with E-state index in [1.54, 1.807) is 6.20 Å². The van der Waals surface area contributed by atoms with Gasteiger partial charge in [-0.1, -0.05) is 19.9 Å². The van der Waals surface area contributed by atoms with E-state index in [-0.39, 0.29) is 17.9 Å². The van der Waals surface area contributed by atoms with Gasteiger partial charge >= 0.3 is 0 Å². The molecule has 1 aromatic rings. The van der Waals surface area contributed by atoms with Crippen molar-refractivity contribution in [3.8, 4) is 0 Å². The van der Waals surface area contributed by atoms with Crippen LogP contribution in [0, 0.1) is 5.92 Å². The predicted molar refractivity (Wildman–Crippen MR) is 72.5 cm³/mol. The van der Waals surface area contributed by atoms with Crippen LogP contribution >= 0.6 is 0 Å². The van der Waals surface area contributed by atoms with Gasteiger partial charge in [-0.15, -0.1) is 0 Å². The van der Waals surface area contributed by atoms with Gasteiger partial charge in [0.1, 0.15) is 5.82 Å². The third-order valence-corrected chi connectivity index (χ3v) is 3.30. The highest BCUT2D eigenvalue weighted by Gasteiger charge is 2.28. The van der Waals surface area contributed by atoms with Crippen LogP contribution in [-0.2, 0) is 4.79 Å². The number of rotatable bonds is 3. The van der Waals surface area contributed by atoms with Crippen LogP contribution in [0.2, 0.25) is 0 Å². The number of aromatic nitrogens is 1. The minimum absolute atomic E-state index is 0.00175. The summed E-state index contributed by atoms with van der Waals surface area (Å²) >= 11 is 0. The number of amides is 1. The molecule has 2 heterocycles. The normalized spacial score (nSPS) is 16.8. The molecule has 4 nitrogen and oxygen atoms in total. The first-order valence-corrected chi connectivity index (χ1v) is 6.65. The van der Waals surface area contributed by atoms with E-state index in [4.69, 9.17) is 0 Å². The highest BCUT2D eigenvalue weighted by atomic mass is 16.2. The number of carbonyl (C=O) groups is 1. The molecule has 1 aromatic heterocycles. The molecule has 0 radical (unpaired) electrons. The van der Waals surface area contributed by atoms with Gasteiger partial charge < -0.3 is 5.32 Å². The van der Waals surface area contributed by atoms with Crippen LogP contribution in [-0.4, -0.2) is 30.0 Å². The Balaban J connectivity index is 2.25. The second kappa shape index (κ2) is 5.96. The molecule has 0 unspecified atom stereocenters. The molecule has 0 bridgehead atoms. The summed E-state index contributed by atoms with van der Waals surface area (Å²) in [4.78, 5) is 18.6. The Kier molecular flexibility index (Phi) is 4.31. The Labute approximate surface area is 108 Å². The monoisotopic (exact) mass is 247 g/mol. The number of carbonyl (C=O) groups excluding carboxylic acids is 1. The van der Waals surface area contributed by atoms with E-state index in [1.165, 1.54) is 0 Å². The molecule has 98 valence electrons. The Morgan fingerprint density at radius 1 is 1.39 bits per heavy atom. The van der Waals surface area contributed by atoms with Gasteiger partial charge in [-0.3, -0.25) is 9.69 Å². The quantitative estimate of drug-likeness (QED) is 0.886. The summed E-state index contributed by atoms with van der Waals surface area (Å²) in [7, 11) is 0. The Morgan fingerprint density at radius 2 is 2.11 bits per heavy atom. The topological polar surface area (TPSA) is 45.2 Å². The molecule has 1 saturated heterocycles. The molecule has 0 atom stereocenters. The van der Waals surface area contributed by atoms with Gasteiger partial charge in [-0.25, -0.2) is 4.98 Å². The summed E-state index contributed by atoms with van der Waals surface area (Å²) in [6.07, 6.45) is 3.74. The van der Waals surface area contributed by atoms with E-state index < -0.39 is 0 Å². The molecule has 2 rings (SSSR count). The first kappa shape index (κ1) is 13.0. The van der Waals surface area contributed by atoms with E-state index >= 15 is 0 Å². The zero-order chi connectivity index (χ0) is 13.0. The standard InChI is InChI=1S/C14H21N3O/c1-11(2)14(18)17(12-6-9-15-10-7-12)13-5-3-4-8-16-13/h3-5,8,11-12,15H,6-7,9-10H2,1-2H3. The molecule has 18 heavy (non-hydrogen) atoms. The molecule has 4 heteroatoms. The molecule has 1 aliphatic heterocycles. The Bertz CT molecular complexity index is 385. The number of pyridine rings is 1. The van der Waals surface area contributed by atoms with Crippen molar-refractivity contribution in [3.63, 3.8) is 0 Å². The van der Waals surface area contributed by atoms with Crippen LogP contribution in [0.5, 0.6) is 0 Å². The third kappa shape index (κ3) is 2.88. The van der Waals surface area contributed by atoms with E-state index in [2.05, 4.69) is 10.3 Å². The summed E-state index contributed by atoms with van der Waals surface area (Å²) < 4.78 is 0. The first-order chi connectivity index (χ1) is 8.70. The molecule has 0 aromatic carbocycles. The predicted octanol–water partition coefficient (Wildman–Crippen LogP) is 1.82. The van der Waals surface area contributed by atoms with Crippen molar-refractivity contribution in [2.75, 3.05) is 18.0 Å². The maximum Gasteiger partial charge on any atom is 0.230 e. The van der Waals surface area contributed by atoms with Crippen molar-refractivity contribution in [2.45, 2.75) is 32.7 Å². The van der Waals surface area contributed by atoms with Gasteiger partial charge in [0.05, 0.1) is 0 Å². The van der Waals surface area contributed by atoms with Crippen LogP contribution in [0.25, 0.3) is 0 Å². The van der Waals surface area contributed by atoms with Crippen molar-refractivity contribution >= 4 is 11.7 Å². The highest BCUT2D eigenvalue weighted by Crippen LogP contribution is 2.21. The summed E-state index contributed by atoms with van der Waals surface area (Å²) in [5.41, 5.74) is 0. The lowest BCUT2D eigenvalue weighted by atomic mass is 10.0. The first-order valence-electron chi connectivity index (χ1n) is 6.65. The molecular formula is C14H21N3O. The van der Waals surface area contributed by atoms with Gasteiger partial charge in [-0.2, -0.15) is 0 Å². The van der Waals surface area contributed by atoms with Crippen molar-refractivity contribution in [1.29, 1.82) is 0 Å². The van der Waals surface area contributed by atoms with Crippen molar-refractivity contribution in [2.24, 2.45) is 5.92 Å². The molecule has 0 aliphatic carbocycles. The minimum Gasteiger partial charge on any atom is -0.317 e. The second-order valence-corrected chi connectivity index (χ2v) is 5.03. The molecule has 0 saturated carbocycles. The number of hydrogen-bond acceptors (Lipinski definition) is 3. The minimum atomic E-state index is 0.00175. The molecular weight excluding hydrogens is 226 g/mol. The number of anilines is 1. The number of nitrogens with zero attached hydrogens (tertiary/aromatic N) is 2. The summed E-state index contributed by atoms with van der Waals surface area (Å²) in [6.45, 7) is 5.83. The third-order valence-electron chi connectivity index (χ3n) is 3.30. The molecule has 1 fully saturated rings. The van der Waals surface area contributed by atoms with E-state index in [1.807, 2.05) is 36.9 Å². The lowest BCUT2D eigenvalue weighted by Gasteiger charge is -2.35. The maximum atomic E-state index is 12.4. The fourth-order valence-electron chi connectivity index (χ4n) is 2.32. The van der Waals surface area contributed by atoms with E-state index in [0.29, 0.717) is 0 Å². The van der Waals surface area contributed by atoms with Crippen LogP contribution in [0.1, 0.15) is 26.7 Å². The fourth-order valence-corrected chi connectivity index (χ4v) is 2.32. The van der Waals surface area contributed by atoms with E-state index in [9.17, 15) is 4.79 Å². The maximum absolute atomic E-state index is 12.4. The van der Waals surface area contributed by atoms with Crippen molar-refractivity contribution < 1.29 is 4.79 Å². The molecule has 1 N–H and O–H groups in total. The molecule has 1 aliphatic rings. The highest BCUT2D eigenvalue weighted by molar-refractivity contribution is 5.94. The summed E-state index contributed by atoms with van der Waals surface area (Å²) in [6, 6.07) is 6.01. The lowest BCUT2D eigenvalue weighted by Crippen LogP contribution is -2.48. The van der Waals surface area contributed by atoms with Crippen LogP contribution in [0.3, 0.4) is 0 Å². The van der Waals surface area contributed by atoms with Gasteiger partial charge in [0.15, 0.2) is 0 Å². The van der Waals surface area contributed by atoms with Crippen LogP contribution < -0.4 is 10.2 Å². The molecule has 1 amide bonds. The van der Waals surface area contributed by atoms with Gasteiger partial charge in [-0.05, 0) is 38.1 Å². The van der Waals surface area contributed by atoms with E-state index in [0.717, 1.165) is 31.7 Å².